The van der Waals surface area contributed by atoms with Gasteiger partial charge in [0.1, 0.15) is 0 Å². The Kier molecular flexibility index (Phi) is 4.71. The minimum Gasteiger partial charge on any atom is -0.478 e. The molecule has 1 heterocycles. The van der Waals surface area contributed by atoms with Crippen LogP contribution in [0.2, 0.25) is 0 Å². The standard InChI is InChI=1S/C18H25NO2/c1-4-18(5-2)10-11-19(13-18)16-8-6-15(12-14(16)3)7-9-17(20)21/h6-9,12H,4-5,10-11,13H2,1-3H3,(H,20,21)/b9-7+. The zero-order valence-corrected chi connectivity index (χ0v) is 13.2. The SMILES string of the molecule is CCC1(CC)CCN(c2ccc(/C=C/C(=O)O)cc2C)C1. The first-order valence-electron chi connectivity index (χ1n) is 7.76. The Morgan fingerprint density at radius 2 is 2.10 bits per heavy atom. The lowest BCUT2D eigenvalue weighted by Gasteiger charge is -2.28. The van der Waals surface area contributed by atoms with Crippen molar-refractivity contribution in [3.05, 3.63) is 35.4 Å². The first-order chi connectivity index (χ1) is 9.99. The van der Waals surface area contributed by atoms with E-state index in [0.717, 1.165) is 18.7 Å². The molecule has 1 aliphatic heterocycles. The Labute approximate surface area is 127 Å². The van der Waals surface area contributed by atoms with Crippen LogP contribution < -0.4 is 4.90 Å². The second-order valence-electron chi connectivity index (χ2n) is 6.10. The van der Waals surface area contributed by atoms with Crippen molar-refractivity contribution in [2.24, 2.45) is 5.41 Å². The zero-order chi connectivity index (χ0) is 15.5. The van der Waals surface area contributed by atoms with Crippen molar-refractivity contribution in [3.63, 3.8) is 0 Å². The van der Waals surface area contributed by atoms with Gasteiger partial charge in [0.2, 0.25) is 0 Å². The van der Waals surface area contributed by atoms with E-state index in [4.69, 9.17) is 5.11 Å². The third-order valence-electron chi connectivity index (χ3n) is 4.92. The van der Waals surface area contributed by atoms with Crippen LogP contribution in [-0.4, -0.2) is 24.2 Å². The predicted octanol–water partition coefficient (Wildman–Crippen LogP) is 4.11. The molecule has 1 aromatic carbocycles. The van der Waals surface area contributed by atoms with Crippen LogP contribution in [0.4, 0.5) is 5.69 Å². The molecule has 0 aliphatic carbocycles. The molecule has 21 heavy (non-hydrogen) atoms. The van der Waals surface area contributed by atoms with Crippen molar-refractivity contribution in [2.45, 2.75) is 40.0 Å². The fourth-order valence-electron chi connectivity index (χ4n) is 3.27. The highest BCUT2D eigenvalue weighted by Crippen LogP contribution is 2.39. The molecular formula is C18H25NO2. The Balaban J connectivity index is 2.17. The van der Waals surface area contributed by atoms with Crippen LogP contribution >= 0.6 is 0 Å². The van der Waals surface area contributed by atoms with Crippen molar-refractivity contribution < 1.29 is 9.90 Å². The Bertz CT molecular complexity index is 544. The third kappa shape index (κ3) is 3.46. The van der Waals surface area contributed by atoms with Crippen LogP contribution in [-0.2, 0) is 4.79 Å². The summed E-state index contributed by atoms with van der Waals surface area (Å²) in [5.74, 6) is -0.910. The molecule has 0 spiro atoms. The van der Waals surface area contributed by atoms with E-state index >= 15 is 0 Å². The van der Waals surface area contributed by atoms with Gasteiger partial charge < -0.3 is 10.0 Å². The average molecular weight is 287 g/mol. The second-order valence-corrected chi connectivity index (χ2v) is 6.10. The molecule has 0 aromatic heterocycles. The molecule has 2 rings (SSSR count). The quantitative estimate of drug-likeness (QED) is 0.829. The number of hydrogen-bond donors (Lipinski definition) is 1. The number of aliphatic carboxylic acids is 1. The number of carboxylic acid groups (broad SMARTS) is 1. The van der Waals surface area contributed by atoms with Gasteiger partial charge in [0, 0.05) is 24.9 Å². The Morgan fingerprint density at radius 3 is 2.62 bits per heavy atom. The van der Waals surface area contributed by atoms with Crippen molar-refractivity contribution in [1.29, 1.82) is 0 Å². The summed E-state index contributed by atoms with van der Waals surface area (Å²) in [7, 11) is 0. The highest BCUT2D eigenvalue weighted by molar-refractivity contribution is 5.85. The molecule has 0 unspecified atom stereocenters. The zero-order valence-electron chi connectivity index (χ0n) is 13.2. The largest absolute Gasteiger partial charge is 0.478 e. The van der Waals surface area contributed by atoms with Gasteiger partial charge in [0.05, 0.1) is 0 Å². The van der Waals surface area contributed by atoms with Crippen molar-refractivity contribution in [3.8, 4) is 0 Å². The van der Waals surface area contributed by atoms with E-state index < -0.39 is 5.97 Å². The van der Waals surface area contributed by atoms with Gasteiger partial charge in [-0.25, -0.2) is 4.79 Å². The molecular weight excluding hydrogens is 262 g/mol. The highest BCUT2D eigenvalue weighted by atomic mass is 16.4. The molecule has 1 aliphatic rings. The van der Waals surface area contributed by atoms with E-state index in [1.165, 1.54) is 36.6 Å². The summed E-state index contributed by atoms with van der Waals surface area (Å²) in [6.07, 6.45) is 6.56. The predicted molar refractivity (Wildman–Crippen MR) is 87.7 cm³/mol. The van der Waals surface area contributed by atoms with E-state index in [1.807, 2.05) is 6.07 Å². The summed E-state index contributed by atoms with van der Waals surface area (Å²) in [6, 6.07) is 6.19. The lowest BCUT2D eigenvalue weighted by Crippen LogP contribution is -2.26. The first kappa shape index (κ1) is 15.6. The first-order valence-corrected chi connectivity index (χ1v) is 7.76. The molecule has 1 fully saturated rings. The van der Waals surface area contributed by atoms with Crippen molar-refractivity contribution >= 4 is 17.7 Å². The molecule has 1 aromatic rings. The number of benzene rings is 1. The smallest absolute Gasteiger partial charge is 0.328 e. The lowest BCUT2D eigenvalue weighted by molar-refractivity contribution is -0.131. The summed E-state index contributed by atoms with van der Waals surface area (Å²) in [4.78, 5) is 13.1. The minimum atomic E-state index is -0.910. The maximum Gasteiger partial charge on any atom is 0.328 e. The number of carboxylic acids is 1. The number of rotatable bonds is 5. The molecule has 1 N–H and O–H groups in total. The lowest BCUT2D eigenvalue weighted by atomic mass is 9.82. The van der Waals surface area contributed by atoms with Gasteiger partial charge in [0.25, 0.3) is 0 Å². The van der Waals surface area contributed by atoms with Gasteiger partial charge in [-0.2, -0.15) is 0 Å². The molecule has 0 atom stereocenters. The molecule has 0 bridgehead atoms. The van der Waals surface area contributed by atoms with E-state index in [1.54, 1.807) is 6.08 Å². The topological polar surface area (TPSA) is 40.5 Å². The number of aryl methyl sites for hydroxylation is 1. The average Bonchev–Trinajstić information content (AvgIpc) is 2.90. The van der Waals surface area contributed by atoms with Crippen LogP contribution in [0.15, 0.2) is 24.3 Å². The van der Waals surface area contributed by atoms with Crippen molar-refractivity contribution in [1.82, 2.24) is 0 Å². The van der Waals surface area contributed by atoms with Crippen LogP contribution in [0.5, 0.6) is 0 Å². The molecule has 1 saturated heterocycles. The number of nitrogens with zero attached hydrogens (tertiary/aromatic N) is 1. The van der Waals surface area contributed by atoms with Gasteiger partial charge in [-0.1, -0.05) is 19.9 Å². The minimum absolute atomic E-state index is 0.467. The number of carbonyl (C=O) groups is 1. The fraction of sp³-hybridized carbons (Fsp3) is 0.500. The van der Waals surface area contributed by atoms with Gasteiger partial charge >= 0.3 is 5.97 Å². The summed E-state index contributed by atoms with van der Waals surface area (Å²) < 4.78 is 0. The Morgan fingerprint density at radius 1 is 1.38 bits per heavy atom. The third-order valence-corrected chi connectivity index (χ3v) is 4.92. The van der Waals surface area contributed by atoms with E-state index in [2.05, 4.69) is 37.8 Å². The molecule has 0 amide bonds. The van der Waals surface area contributed by atoms with Gasteiger partial charge in [-0.3, -0.25) is 0 Å². The molecule has 3 heteroatoms. The summed E-state index contributed by atoms with van der Waals surface area (Å²) >= 11 is 0. The van der Waals surface area contributed by atoms with Gasteiger partial charge in [0.15, 0.2) is 0 Å². The normalized spacial score (nSPS) is 17.6. The molecule has 0 saturated carbocycles. The summed E-state index contributed by atoms with van der Waals surface area (Å²) in [5.41, 5.74) is 3.90. The monoisotopic (exact) mass is 287 g/mol. The van der Waals surface area contributed by atoms with Crippen LogP contribution in [0, 0.1) is 12.3 Å². The summed E-state index contributed by atoms with van der Waals surface area (Å²) in [5, 5.41) is 8.69. The maximum absolute atomic E-state index is 10.6. The van der Waals surface area contributed by atoms with Crippen LogP contribution in [0.3, 0.4) is 0 Å². The second kappa shape index (κ2) is 6.33. The van der Waals surface area contributed by atoms with Gasteiger partial charge in [-0.05, 0) is 60.9 Å². The molecule has 0 radical (unpaired) electrons. The Hall–Kier alpha value is -1.77. The van der Waals surface area contributed by atoms with E-state index in [-0.39, 0.29) is 0 Å². The van der Waals surface area contributed by atoms with Crippen LogP contribution in [0.1, 0.15) is 44.2 Å². The fourth-order valence-corrected chi connectivity index (χ4v) is 3.27. The van der Waals surface area contributed by atoms with E-state index in [0.29, 0.717) is 5.41 Å². The van der Waals surface area contributed by atoms with Gasteiger partial charge in [-0.15, -0.1) is 0 Å². The molecule has 114 valence electrons. The molecule has 3 nitrogen and oxygen atoms in total. The maximum atomic E-state index is 10.6. The highest BCUT2D eigenvalue weighted by Gasteiger charge is 2.35. The number of anilines is 1. The number of hydrogen-bond acceptors (Lipinski definition) is 2. The summed E-state index contributed by atoms with van der Waals surface area (Å²) in [6.45, 7) is 8.93. The van der Waals surface area contributed by atoms with Crippen molar-refractivity contribution in [2.75, 3.05) is 18.0 Å². The van der Waals surface area contributed by atoms with E-state index in [9.17, 15) is 4.79 Å². The van der Waals surface area contributed by atoms with Crippen LogP contribution in [0.25, 0.3) is 6.08 Å².